The van der Waals surface area contributed by atoms with Crippen molar-refractivity contribution in [2.24, 2.45) is 0 Å². The van der Waals surface area contributed by atoms with Crippen molar-refractivity contribution in [2.45, 2.75) is 63.6 Å². The molecule has 0 bridgehead atoms. The van der Waals surface area contributed by atoms with Crippen LogP contribution in [0.1, 0.15) is 66.1 Å². The molecule has 1 N–H and O–H groups in total. The lowest BCUT2D eigenvalue weighted by atomic mass is 10.00. The summed E-state index contributed by atoms with van der Waals surface area (Å²) in [6, 6.07) is 12.3. The van der Waals surface area contributed by atoms with Gasteiger partial charge in [0, 0.05) is 24.8 Å². The maximum Gasteiger partial charge on any atom is 0.255 e. The summed E-state index contributed by atoms with van der Waals surface area (Å²) in [4.78, 5) is 29.5. The van der Waals surface area contributed by atoms with Crippen LogP contribution >= 0.6 is 0 Å². The third-order valence-electron chi connectivity index (χ3n) is 6.97. The van der Waals surface area contributed by atoms with Crippen molar-refractivity contribution < 1.29 is 23.8 Å². The number of nitrogens with zero attached hydrogens (tertiary/aromatic N) is 1. The van der Waals surface area contributed by atoms with Crippen LogP contribution in [0.3, 0.4) is 0 Å². The Balaban J connectivity index is 1.72. The van der Waals surface area contributed by atoms with Gasteiger partial charge in [-0.2, -0.15) is 0 Å². The van der Waals surface area contributed by atoms with E-state index in [4.69, 9.17) is 14.2 Å². The van der Waals surface area contributed by atoms with E-state index in [1.807, 2.05) is 31.2 Å². The number of benzene rings is 2. The van der Waals surface area contributed by atoms with Gasteiger partial charge in [0.15, 0.2) is 11.5 Å². The molecule has 188 valence electrons. The summed E-state index contributed by atoms with van der Waals surface area (Å²) in [7, 11) is 3.10. The Labute approximate surface area is 207 Å². The highest BCUT2D eigenvalue weighted by Crippen LogP contribution is 2.31. The highest BCUT2D eigenvalue weighted by molar-refractivity contribution is 5.98. The molecule has 0 unspecified atom stereocenters. The van der Waals surface area contributed by atoms with Crippen molar-refractivity contribution in [3.63, 3.8) is 0 Å². The Morgan fingerprint density at radius 3 is 2.34 bits per heavy atom. The molecule has 2 amide bonds. The molecule has 1 aliphatic heterocycles. The van der Waals surface area contributed by atoms with Gasteiger partial charge in [-0.3, -0.25) is 9.59 Å². The fraction of sp³-hybridized carbons (Fsp3) is 0.500. The number of methoxy groups -OCH3 is 2. The van der Waals surface area contributed by atoms with Crippen LogP contribution in [0.25, 0.3) is 0 Å². The zero-order valence-electron chi connectivity index (χ0n) is 20.9. The van der Waals surface area contributed by atoms with Crippen LogP contribution in [0.2, 0.25) is 0 Å². The average Bonchev–Trinajstić information content (AvgIpc) is 3.58. The first-order chi connectivity index (χ1) is 17.0. The van der Waals surface area contributed by atoms with E-state index >= 15 is 0 Å². The second kappa shape index (κ2) is 11.6. The Bertz CT molecular complexity index is 1010. The number of rotatable bonds is 9. The SMILES string of the molecule is COc1ccc(C(=O)N(C[C@@H]2CCCO2)[C@H](C(=O)NC2CCCC2)c2ccc(C)cc2)cc1OC. The summed E-state index contributed by atoms with van der Waals surface area (Å²) in [6.07, 6.45) is 5.89. The number of carbonyl (C=O) groups excluding carboxylic acids is 2. The molecule has 0 aromatic heterocycles. The highest BCUT2D eigenvalue weighted by atomic mass is 16.5. The Kier molecular flexibility index (Phi) is 8.29. The number of hydrogen-bond donors (Lipinski definition) is 1. The molecule has 0 radical (unpaired) electrons. The van der Waals surface area contributed by atoms with Gasteiger partial charge in [-0.1, -0.05) is 42.7 Å². The van der Waals surface area contributed by atoms with Crippen molar-refractivity contribution in [2.75, 3.05) is 27.4 Å². The molecule has 2 atom stereocenters. The van der Waals surface area contributed by atoms with E-state index in [1.54, 1.807) is 37.3 Å². The molecule has 7 heteroatoms. The molecular weight excluding hydrogens is 444 g/mol. The van der Waals surface area contributed by atoms with Gasteiger partial charge in [0.25, 0.3) is 5.91 Å². The summed E-state index contributed by atoms with van der Waals surface area (Å²) in [5.74, 6) is 0.627. The average molecular weight is 481 g/mol. The standard InChI is InChI=1S/C28H36N2O5/c1-19-10-12-20(13-11-19)26(27(31)29-22-7-4-5-8-22)30(18-23-9-6-16-35-23)28(32)21-14-15-24(33-2)25(17-21)34-3/h10-15,17,22-23,26H,4-9,16,18H2,1-3H3,(H,29,31)/t23-,26-/m0/s1. The first kappa shape index (κ1) is 25.0. The van der Waals surface area contributed by atoms with Crippen molar-refractivity contribution in [1.29, 1.82) is 0 Å². The van der Waals surface area contributed by atoms with Gasteiger partial charge >= 0.3 is 0 Å². The lowest BCUT2D eigenvalue weighted by Crippen LogP contribution is -2.48. The molecule has 2 aliphatic rings. The summed E-state index contributed by atoms with van der Waals surface area (Å²) in [6.45, 7) is 3.02. The van der Waals surface area contributed by atoms with Crippen LogP contribution in [-0.2, 0) is 9.53 Å². The van der Waals surface area contributed by atoms with Crippen LogP contribution < -0.4 is 14.8 Å². The number of hydrogen-bond acceptors (Lipinski definition) is 5. The van der Waals surface area contributed by atoms with E-state index in [0.717, 1.165) is 49.7 Å². The fourth-order valence-corrected chi connectivity index (χ4v) is 5.02. The van der Waals surface area contributed by atoms with Crippen molar-refractivity contribution in [3.8, 4) is 11.5 Å². The number of aryl methyl sites for hydroxylation is 1. The summed E-state index contributed by atoms with van der Waals surface area (Å²) in [5.41, 5.74) is 2.32. The van der Waals surface area contributed by atoms with Crippen LogP contribution in [0.15, 0.2) is 42.5 Å². The molecule has 2 aromatic rings. The third-order valence-corrected chi connectivity index (χ3v) is 6.97. The van der Waals surface area contributed by atoms with E-state index in [-0.39, 0.29) is 24.0 Å². The number of amides is 2. The monoisotopic (exact) mass is 480 g/mol. The minimum atomic E-state index is -0.763. The molecule has 1 saturated heterocycles. The minimum absolute atomic E-state index is 0.105. The van der Waals surface area contributed by atoms with Gasteiger partial charge in [-0.25, -0.2) is 0 Å². The maximum absolute atomic E-state index is 14.0. The maximum atomic E-state index is 14.0. The molecular formula is C28H36N2O5. The molecule has 4 rings (SSSR count). The van der Waals surface area contributed by atoms with E-state index in [1.165, 1.54) is 0 Å². The predicted molar refractivity (Wildman–Crippen MR) is 134 cm³/mol. The van der Waals surface area contributed by atoms with Gasteiger partial charge < -0.3 is 24.4 Å². The molecule has 2 fully saturated rings. The summed E-state index contributed by atoms with van der Waals surface area (Å²) in [5, 5.41) is 3.23. The first-order valence-corrected chi connectivity index (χ1v) is 12.5. The largest absolute Gasteiger partial charge is 0.493 e. The van der Waals surface area contributed by atoms with Crippen molar-refractivity contribution in [3.05, 3.63) is 59.2 Å². The van der Waals surface area contributed by atoms with Crippen molar-refractivity contribution >= 4 is 11.8 Å². The zero-order chi connectivity index (χ0) is 24.8. The van der Waals surface area contributed by atoms with Crippen LogP contribution in [0, 0.1) is 6.92 Å². The fourth-order valence-electron chi connectivity index (χ4n) is 5.02. The smallest absolute Gasteiger partial charge is 0.255 e. The Morgan fingerprint density at radius 1 is 1.00 bits per heavy atom. The van der Waals surface area contributed by atoms with E-state index in [2.05, 4.69) is 5.32 Å². The zero-order valence-corrected chi connectivity index (χ0v) is 20.9. The second-order valence-corrected chi connectivity index (χ2v) is 9.47. The van der Waals surface area contributed by atoms with Crippen LogP contribution in [-0.4, -0.2) is 56.2 Å². The third kappa shape index (κ3) is 5.96. The molecule has 1 heterocycles. The van der Waals surface area contributed by atoms with Gasteiger partial charge in [0.05, 0.1) is 20.3 Å². The normalized spacial score (nSPS) is 18.8. The molecule has 0 spiro atoms. The van der Waals surface area contributed by atoms with Gasteiger partial charge in [0.1, 0.15) is 6.04 Å². The molecule has 2 aromatic carbocycles. The van der Waals surface area contributed by atoms with Crippen LogP contribution in [0.5, 0.6) is 11.5 Å². The summed E-state index contributed by atoms with van der Waals surface area (Å²) >= 11 is 0. The summed E-state index contributed by atoms with van der Waals surface area (Å²) < 4.78 is 16.7. The Morgan fingerprint density at radius 2 is 1.71 bits per heavy atom. The lowest BCUT2D eigenvalue weighted by Gasteiger charge is -2.34. The number of carbonyl (C=O) groups is 2. The number of nitrogens with one attached hydrogen (secondary N) is 1. The minimum Gasteiger partial charge on any atom is -0.493 e. The van der Waals surface area contributed by atoms with Gasteiger partial charge in [-0.15, -0.1) is 0 Å². The Hall–Kier alpha value is -3.06. The van der Waals surface area contributed by atoms with E-state index in [9.17, 15) is 9.59 Å². The van der Waals surface area contributed by atoms with Crippen LogP contribution in [0.4, 0.5) is 0 Å². The van der Waals surface area contributed by atoms with Gasteiger partial charge in [0.2, 0.25) is 5.91 Å². The predicted octanol–water partition coefficient (Wildman–Crippen LogP) is 4.43. The molecule has 1 saturated carbocycles. The van der Waals surface area contributed by atoms with Crippen molar-refractivity contribution in [1.82, 2.24) is 10.2 Å². The van der Waals surface area contributed by atoms with E-state index in [0.29, 0.717) is 30.2 Å². The molecule has 35 heavy (non-hydrogen) atoms. The van der Waals surface area contributed by atoms with E-state index < -0.39 is 6.04 Å². The quantitative estimate of drug-likeness (QED) is 0.574. The first-order valence-electron chi connectivity index (χ1n) is 12.5. The lowest BCUT2D eigenvalue weighted by molar-refractivity contribution is -0.127. The second-order valence-electron chi connectivity index (χ2n) is 9.47. The number of ether oxygens (including phenoxy) is 3. The topological polar surface area (TPSA) is 77.1 Å². The molecule has 1 aliphatic carbocycles. The molecule has 7 nitrogen and oxygen atoms in total. The van der Waals surface area contributed by atoms with Gasteiger partial charge in [-0.05, 0) is 56.4 Å². The highest BCUT2D eigenvalue weighted by Gasteiger charge is 2.36.